The molecule has 0 bridgehead atoms. The zero-order valence-corrected chi connectivity index (χ0v) is 34.2. The van der Waals surface area contributed by atoms with Gasteiger partial charge in [0.15, 0.2) is 0 Å². The van der Waals surface area contributed by atoms with Gasteiger partial charge in [-0.25, -0.2) is 0 Å². The molecule has 50 heavy (non-hydrogen) atoms. The van der Waals surface area contributed by atoms with Crippen LogP contribution in [-0.4, -0.2) is 17.3 Å². The van der Waals surface area contributed by atoms with Crippen molar-refractivity contribution in [2.75, 3.05) is 0 Å². The fourth-order valence-electron chi connectivity index (χ4n) is 8.64. The average molecular weight is 784 g/mol. The number of halogens is 2. The summed E-state index contributed by atoms with van der Waals surface area (Å²) >= 11 is -5.88. The molecule has 0 spiro atoms. The van der Waals surface area contributed by atoms with E-state index in [1.807, 2.05) is 0 Å². The third-order valence-corrected chi connectivity index (χ3v) is 31.3. The molecule has 6 rings (SSSR count). The molecule has 2 amide bonds. The predicted octanol–water partition coefficient (Wildman–Crippen LogP) is 10.6. The number of hydrogen-bond acceptors (Lipinski definition) is 2. The quantitative estimate of drug-likeness (QED) is 0.118. The summed E-state index contributed by atoms with van der Waals surface area (Å²) in [5.41, 5.74) is 16.0. The van der Waals surface area contributed by atoms with Gasteiger partial charge in [-0.15, -0.1) is 0 Å². The SMILES string of the molecule is Cc1cccc(-c2cccc3c2C=C(C(C)C)[CH]3[Zr]([Cl])([Cl])([B](NC=O)NC=O)[CH]2C(C(C)C)=Cc3c(-c4cccc(C)c4C)cccc32)c1C. The number of hydrogen-bond donors (Lipinski definition) is 2. The molecule has 4 nitrogen and oxygen atoms in total. The zero-order chi connectivity index (χ0) is 36.1. The van der Waals surface area contributed by atoms with Crippen molar-refractivity contribution >= 4 is 46.5 Å². The Hall–Kier alpha value is -3.17. The molecule has 0 saturated carbocycles. The zero-order valence-electron chi connectivity index (χ0n) is 30.2. The van der Waals surface area contributed by atoms with Crippen LogP contribution in [0.1, 0.15) is 79.5 Å². The van der Waals surface area contributed by atoms with Gasteiger partial charge < -0.3 is 0 Å². The van der Waals surface area contributed by atoms with Crippen molar-refractivity contribution in [2.24, 2.45) is 11.8 Å². The van der Waals surface area contributed by atoms with Crippen LogP contribution >= 0.6 is 17.0 Å². The van der Waals surface area contributed by atoms with Gasteiger partial charge in [0.25, 0.3) is 0 Å². The maximum atomic E-state index is 12.5. The van der Waals surface area contributed by atoms with E-state index in [0.29, 0.717) is 12.8 Å². The first-order chi connectivity index (χ1) is 23.8. The number of nitrogens with one attached hydrogen (secondary N) is 2. The van der Waals surface area contributed by atoms with Gasteiger partial charge in [-0.1, -0.05) is 0 Å². The average Bonchev–Trinajstić information content (AvgIpc) is 3.69. The number of carbonyl (C=O) groups excluding carboxylic acids is 2. The number of carbonyl (C=O) groups is 2. The van der Waals surface area contributed by atoms with E-state index in [0.717, 1.165) is 44.5 Å². The molecule has 0 radical (unpaired) electrons. The first-order valence-corrected chi connectivity index (χ1v) is 28.1. The van der Waals surface area contributed by atoms with E-state index >= 15 is 0 Å². The molecule has 257 valence electrons. The Labute approximate surface area is 305 Å². The molecular weight excluding hydrogens is 737 g/mol. The van der Waals surface area contributed by atoms with Crippen LogP contribution in [0.4, 0.5) is 0 Å². The van der Waals surface area contributed by atoms with Crippen molar-refractivity contribution in [1.29, 1.82) is 0 Å². The van der Waals surface area contributed by atoms with Gasteiger partial charge >= 0.3 is 308 Å². The Morgan fingerprint density at radius 3 is 1.32 bits per heavy atom. The molecule has 0 fully saturated rings. The molecule has 8 heteroatoms. The summed E-state index contributed by atoms with van der Waals surface area (Å²) in [4.78, 5) is 24.9. The van der Waals surface area contributed by atoms with Gasteiger partial charge in [0, 0.05) is 0 Å². The number of benzene rings is 4. The van der Waals surface area contributed by atoms with E-state index in [1.165, 1.54) is 33.4 Å². The van der Waals surface area contributed by atoms with Crippen LogP contribution in [0.25, 0.3) is 34.4 Å². The van der Waals surface area contributed by atoms with Gasteiger partial charge in [0.05, 0.1) is 0 Å². The first-order valence-electron chi connectivity index (χ1n) is 17.5. The monoisotopic (exact) mass is 781 g/mol. The van der Waals surface area contributed by atoms with Crippen molar-refractivity contribution < 1.29 is 25.8 Å². The fourth-order valence-corrected chi connectivity index (χ4v) is 29.6. The molecule has 2 atom stereocenters. The van der Waals surface area contributed by atoms with E-state index in [-0.39, 0.29) is 11.8 Å². The van der Waals surface area contributed by atoms with E-state index in [2.05, 4.69) is 151 Å². The molecule has 0 aliphatic heterocycles. The number of aryl methyl sites for hydroxylation is 2. The Bertz CT molecular complexity index is 1940. The molecule has 2 N–H and O–H groups in total. The maximum absolute atomic E-state index is 12.5. The normalized spacial score (nSPS) is 17.4. The van der Waals surface area contributed by atoms with Gasteiger partial charge in [-0.05, 0) is 0 Å². The van der Waals surface area contributed by atoms with E-state index in [9.17, 15) is 9.59 Å². The second-order valence-corrected chi connectivity index (χ2v) is 36.2. The van der Waals surface area contributed by atoms with Crippen LogP contribution in [0, 0.1) is 39.5 Å². The van der Waals surface area contributed by atoms with Crippen molar-refractivity contribution in [3.63, 3.8) is 0 Å². The second kappa shape index (κ2) is 13.8. The topological polar surface area (TPSA) is 58.2 Å². The van der Waals surface area contributed by atoms with Crippen LogP contribution in [0.2, 0.25) is 0 Å². The standard InChI is InChI=1S/2C20H21.C2H3BN2O2.2ClH.Zr/c2*1-13(2)17-11-16-8-6-10-19(20(16)12-17)18-9-5-7-14(3)15(18)4;6-1-4-3-5-2-7;;;/h2*5-13H,1-4H3;1-2H,(H-,4,5,6,7);2*1H;/q;;;;;+1/p-1. The summed E-state index contributed by atoms with van der Waals surface area (Å²) in [5.74, 6) is 0.178. The van der Waals surface area contributed by atoms with Crippen molar-refractivity contribution in [2.45, 2.75) is 62.6 Å². The van der Waals surface area contributed by atoms with Crippen LogP contribution in [0.15, 0.2) is 83.9 Å². The number of amides is 2. The van der Waals surface area contributed by atoms with Crippen molar-refractivity contribution in [1.82, 2.24) is 10.5 Å². The van der Waals surface area contributed by atoms with E-state index in [1.54, 1.807) is 0 Å². The summed E-state index contributed by atoms with van der Waals surface area (Å²) in [7, 11) is 17.2. The van der Waals surface area contributed by atoms with Gasteiger partial charge in [-0.2, -0.15) is 0 Å². The van der Waals surface area contributed by atoms with Crippen molar-refractivity contribution in [3.05, 3.63) is 128 Å². The Kier molecular flexibility index (Phi) is 10.1. The Morgan fingerprint density at radius 2 is 0.960 bits per heavy atom. The minimum atomic E-state index is -5.88. The summed E-state index contributed by atoms with van der Waals surface area (Å²) < 4.78 is -1.78. The molecule has 0 heterocycles. The van der Waals surface area contributed by atoms with Gasteiger partial charge in [-0.3, -0.25) is 0 Å². The molecular formula is C42H46BCl2N2O2Zr. The fraction of sp³-hybridized carbons (Fsp3) is 0.286. The molecule has 2 unspecified atom stereocenters. The Balaban J connectivity index is 1.70. The van der Waals surface area contributed by atoms with Gasteiger partial charge in [0.1, 0.15) is 0 Å². The number of allylic oxidation sites excluding steroid dienone is 2. The van der Waals surface area contributed by atoms with E-state index in [4.69, 9.17) is 17.0 Å². The van der Waals surface area contributed by atoms with Crippen LogP contribution < -0.4 is 10.5 Å². The molecule has 2 aliphatic carbocycles. The third kappa shape index (κ3) is 5.71. The number of rotatable bonds is 11. The van der Waals surface area contributed by atoms with E-state index < -0.39 is 27.9 Å². The number of fused-ring (bicyclic) bond motifs is 2. The summed E-state index contributed by atoms with van der Waals surface area (Å²) in [6.07, 6.45) is 5.84. The summed E-state index contributed by atoms with van der Waals surface area (Å²) in [5, 5.41) is 5.95. The predicted molar refractivity (Wildman–Crippen MR) is 210 cm³/mol. The molecule has 0 saturated heterocycles. The minimum absolute atomic E-state index is 0.0889. The first kappa shape index (κ1) is 36.6. The van der Waals surface area contributed by atoms with Crippen LogP contribution in [0.3, 0.4) is 0 Å². The summed E-state index contributed by atoms with van der Waals surface area (Å²) in [6.45, 7) is 17.3. The van der Waals surface area contributed by atoms with Crippen molar-refractivity contribution in [3.8, 4) is 22.3 Å². The van der Waals surface area contributed by atoms with Crippen LogP contribution in [0.5, 0.6) is 0 Å². The van der Waals surface area contributed by atoms with Crippen LogP contribution in [-0.2, 0) is 25.8 Å². The third-order valence-electron chi connectivity index (χ3n) is 11.4. The molecule has 4 aromatic rings. The second-order valence-electron chi connectivity index (χ2n) is 14.8. The Morgan fingerprint density at radius 1 is 0.600 bits per heavy atom. The molecule has 0 aromatic heterocycles. The molecule has 4 aromatic carbocycles. The molecule has 2 aliphatic rings. The van der Waals surface area contributed by atoms with Gasteiger partial charge in [0.2, 0.25) is 0 Å². The summed E-state index contributed by atoms with van der Waals surface area (Å²) in [6, 6.07) is 25.7.